The van der Waals surface area contributed by atoms with Gasteiger partial charge in [-0.3, -0.25) is 0 Å². The Kier molecular flexibility index (Phi) is 2.78. The summed E-state index contributed by atoms with van der Waals surface area (Å²) in [6.07, 6.45) is -0.547. The van der Waals surface area contributed by atoms with Crippen molar-refractivity contribution in [3.8, 4) is 11.5 Å². The van der Waals surface area contributed by atoms with Crippen LogP contribution >= 0.6 is 0 Å². The third kappa shape index (κ3) is 1.92. The Bertz CT molecular complexity index is 305. The molecular formula is C10H14O3. The van der Waals surface area contributed by atoms with Crippen molar-refractivity contribution in [2.24, 2.45) is 0 Å². The zero-order valence-electron chi connectivity index (χ0n) is 8.03. The van der Waals surface area contributed by atoms with Crippen molar-refractivity contribution in [1.82, 2.24) is 0 Å². The van der Waals surface area contributed by atoms with E-state index < -0.39 is 6.10 Å². The molecule has 3 heteroatoms. The Hall–Kier alpha value is -1.22. The number of ether oxygens (including phenoxy) is 1. The number of rotatable bonds is 2. The summed E-state index contributed by atoms with van der Waals surface area (Å²) in [5.41, 5.74) is 1.63. The van der Waals surface area contributed by atoms with E-state index in [2.05, 4.69) is 0 Å². The number of hydrogen-bond donors (Lipinski definition) is 2. The van der Waals surface area contributed by atoms with Crippen molar-refractivity contribution < 1.29 is 14.9 Å². The average molecular weight is 182 g/mol. The first-order valence-electron chi connectivity index (χ1n) is 4.11. The number of phenols is 1. The van der Waals surface area contributed by atoms with Crippen molar-refractivity contribution in [2.75, 3.05) is 7.11 Å². The van der Waals surface area contributed by atoms with Crippen molar-refractivity contribution in [3.05, 3.63) is 23.3 Å². The summed E-state index contributed by atoms with van der Waals surface area (Å²) in [6.45, 7) is 3.51. The number of aryl methyl sites for hydroxylation is 1. The number of benzene rings is 1. The van der Waals surface area contributed by atoms with E-state index in [0.717, 1.165) is 11.1 Å². The summed E-state index contributed by atoms with van der Waals surface area (Å²) < 4.78 is 4.93. The summed E-state index contributed by atoms with van der Waals surface area (Å²) in [5, 5.41) is 18.8. The lowest BCUT2D eigenvalue weighted by Gasteiger charge is -2.11. The number of phenolic OH excluding ortho intramolecular Hbond substituents is 1. The van der Waals surface area contributed by atoms with Crippen LogP contribution in [0.25, 0.3) is 0 Å². The third-order valence-corrected chi connectivity index (χ3v) is 2.02. The lowest BCUT2D eigenvalue weighted by Crippen LogP contribution is -1.96. The summed E-state index contributed by atoms with van der Waals surface area (Å²) >= 11 is 0. The lowest BCUT2D eigenvalue weighted by atomic mass is 10.0. The summed E-state index contributed by atoms with van der Waals surface area (Å²) in [5.74, 6) is 0.492. The minimum atomic E-state index is -0.547. The fourth-order valence-electron chi connectivity index (χ4n) is 1.30. The van der Waals surface area contributed by atoms with Crippen LogP contribution in [-0.4, -0.2) is 17.3 Å². The first-order valence-corrected chi connectivity index (χ1v) is 4.11. The molecule has 3 nitrogen and oxygen atoms in total. The Balaban J connectivity index is 3.22. The standard InChI is InChI=1S/C10H14O3/c1-6-4-9(12)10(13-3)5-8(6)7(2)11/h4-5,7,11-12H,1-3H3. The number of aromatic hydroxyl groups is 1. The molecule has 0 fully saturated rings. The van der Waals surface area contributed by atoms with Gasteiger partial charge in [0.2, 0.25) is 0 Å². The van der Waals surface area contributed by atoms with Gasteiger partial charge in [0.05, 0.1) is 13.2 Å². The first-order chi connectivity index (χ1) is 6.06. The molecular weight excluding hydrogens is 168 g/mol. The molecule has 0 aliphatic carbocycles. The van der Waals surface area contributed by atoms with E-state index in [9.17, 15) is 10.2 Å². The molecule has 0 bridgehead atoms. The molecule has 1 aromatic carbocycles. The molecule has 0 spiro atoms. The van der Waals surface area contributed by atoms with Gasteiger partial charge in [0.15, 0.2) is 11.5 Å². The highest BCUT2D eigenvalue weighted by molar-refractivity contribution is 5.46. The minimum Gasteiger partial charge on any atom is -0.504 e. The van der Waals surface area contributed by atoms with Crippen molar-refractivity contribution >= 4 is 0 Å². The van der Waals surface area contributed by atoms with Crippen LogP contribution in [0.4, 0.5) is 0 Å². The number of aliphatic hydroxyl groups excluding tert-OH is 1. The maximum Gasteiger partial charge on any atom is 0.160 e. The predicted octanol–water partition coefficient (Wildman–Crippen LogP) is 1.76. The quantitative estimate of drug-likeness (QED) is 0.732. The molecule has 0 saturated heterocycles. The van der Waals surface area contributed by atoms with Gasteiger partial charge in [-0.2, -0.15) is 0 Å². The second kappa shape index (κ2) is 3.66. The second-order valence-electron chi connectivity index (χ2n) is 3.06. The lowest BCUT2D eigenvalue weighted by molar-refractivity contribution is 0.198. The smallest absolute Gasteiger partial charge is 0.160 e. The highest BCUT2D eigenvalue weighted by Crippen LogP contribution is 2.31. The Morgan fingerprint density at radius 1 is 1.38 bits per heavy atom. The van der Waals surface area contributed by atoms with Crippen LogP contribution in [0.3, 0.4) is 0 Å². The highest BCUT2D eigenvalue weighted by atomic mass is 16.5. The Labute approximate surface area is 77.6 Å². The SMILES string of the molecule is COc1cc(C(C)O)c(C)cc1O. The normalized spacial score (nSPS) is 12.6. The molecule has 13 heavy (non-hydrogen) atoms. The van der Waals surface area contributed by atoms with Crippen LogP contribution in [-0.2, 0) is 0 Å². The van der Waals surface area contributed by atoms with Crippen LogP contribution in [0.2, 0.25) is 0 Å². The monoisotopic (exact) mass is 182 g/mol. The van der Waals surface area contributed by atoms with E-state index in [-0.39, 0.29) is 5.75 Å². The molecule has 1 unspecified atom stereocenters. The first kappa shape index (κ1) is 9.86. The number of methoxy groups -OCH3 is 1. The van der Waals surface area contributed by atoms with Crippen molar-refractivity contribution in [1.29, 1.82) is 0 Å². The van der Waals surface area contributed by atoms with Crippen molar-refractivity contribution in [3.63, 3.8) is 0 Å². The maximum absolute atomic E-state index is 9.39. The molecule has 1 rings (SSSR count). The van der Waals surface area contributed by atoms with Crippen LogP contribution in [0.1, 0.15) is 24.2 Å². The maximum atomic E-state index is 9.39. The van der Waals surface area contributed by atoms with Gasteiger partial charge in [0.1, 0.15) is 0 Å². The predicted molar refractivity (Wildman–Crippen MR) is 50.0 cm³/mol. The number of aliphatic hydroxyl groups is 1. The molecule has 0 aromatic heterocycles. The molecule has 0 heterocycles. The zero-order valence-corrected chi connectivity index (χ0v) is 8.03. The van der Waals surface area contributed by atoms with E-state index in [1.807, 2.05) is 6.92 Å². The van der Waals surface area contributed by atoms with E-state index >= 15 is 0 Å². The van der Waals surface area contributed by atoms with Crippen LogP contribution < -0.4 is 4.74 Å². The van der Waals surface area contributed by atoms with Gasteiger partial charge in [0.25, 0.3) is 0 Å². The average Bonchev–Trinajstić information content (AvgIpc) is 2.03. The molecule has 0 saturated carbocycles. The van der Waals surface area contributed by atoms with Gasteiger partial charge in [-0.25, -0.2) is 0 Å². The highest BCUT2D eigenvalue weighted by Gasteiger charge is 2.10. The van der Waals surface area contributed by atoms with E-state index in [4.69, 9.17) is 4.74 Å². The van der Waals surface area contributed by atoms with Gasteiger partial charge < -0.3 is 14.9 Å². The van der Waals surface area contributed by atoms with Crippen LogP contribution in [0, 0.1) is 6.92 Å². The number of hydrogen-bond acceptors (Lipinski definition) is 3. The molecule has 2 N–H and O–H groups in total. The summed E-state index contributed by atoms with van der Waals surface area (Å²) in [7, 11) is 1.48. The van der Waals surface area contributed by atoms with Gasteiger partial charge in [-0.1, -0.05) is 0 Å². The molecule has 0 aliphatic rings. The Morgan fingerprint density at radius 3 is 2.46 bits per heavy atom. The molecule has 1 aromatic rings. The zero-order chi connectivity index (χ0) is 10.0. The molecule has 0 radical (unpaired) electrons. The molecule has 1 atom stereocenters. The third-order valence-electron chi connectivity index (χ3n) is 2.02. The fraction of sp³-hybridized carbons (Fsp3) is 0.400. The summed E-state index contributed by atoms with van der Waals surface area (Å²) in [6, 6.07) is 3.23. The fourth-order valence-corrected chi connectivity index (χ4v) is 1.30. The van der Waals surface area contributed by atoms with E-state index in [0.29, 0.717) is 5.75 Å². The van der Waals surface area contributed by atoms with E-state index in [1.165, 1.54) is 7.11 Å². The minimum absolute atomic E-state index is 0.101. The van der Waals surface area contributed by atoms with Crippen LogP contribution in [0.5, 0.6) is 11.5 Å². The van der Waals surface area contributed by atoms with Gasteiger partial charge in [-0.05, 0) is 37.1 Å². The van der Waals surface area contributed by atoms with Gasteiger partial charge >= 0.3 is 0 Å². The van der Waals surface area contributed by atoms with Gasteiger partial charge in [0, 0.05) is 0 Å². The molecule has 0 aliphatic heterocycles. The second-order valence-corrected chi connectivity index (χ2v) is 3.06. The van der Waals surface area contributed by atoms with Gasteiger partial charge in [-0.15, -0.1) is 0 Å². The van der Waals surface area contributed by atoms with Crippen LogP contribution in [0.15, 0.2) is 12.1 Å². The Morgan fingerprint density at radius 2 is 2.00 bits per heavy atom. The molecule has 0 amide bonds. The summed E-state index contributed by atoms with van der Waals surface area (Å²) in [4.78, 5) is 0. The topological polar surface area (TPSA) is 49.7 Å². The largest absolute Gasteiger partial charge is 0.504 e. The van der Waals surface area contributed by atoms with Crippen molar-refractivity contribution in [2.45, 2.75) is 20.0 Å². The molecule has 72 valence electrons. The van der Waals surface area contributed by atoms with E-state index in [1.54, 1.807) is 19.1 Å².